The first-order chi connectivity index (χ1) is 10.5. The zero-order chi connectivity index (χ0) is 16.1. The second-order valence-corrected chi connectivity index (χ2v) is 6.44. The summed E-state index contributed by atoms with van der Waals surface area (Å²) in [6, 6.07) is 6.37. The number of carbonyl (C=O) groups excluding carboxylic acids is 1. The molecular formula is C17H25ClN2O2. The maximum atomic E-state index is 12.3. The molecule has 1 saturated carbocycles. The van der Waals surface area contributed by atoms with Gasteiger partial charge in [-0.1, -0.05) is 23.7 Å². The van der Waals surface area contributed by atoms with Crippen LogP contribution in [-0.4, -0.2) is 43.6 Å². The van der Waals surface area contributed by atoms with E-state index in [0.717, 1.165) is 24.8 Å². The Bertz CT molecular complexity index is 519. The highest BCUT2D eigenvalue weighted by atomic mass is 35.5. The van der Waals surface area contributed by atoms with E-state index >= 15 is 0 Å². The van der Waals surface area contributed by atoms with Crippen LogP contribution in [0.5, 0.6) is 5.75 Å². The van der Waals surface area contributed by atoms with Crippen molar-refractivity contribution in [1.82, 2.24) is 10.2 Å². The fourth-order valence-corrected chi connectivity index (χ4v) is 3.26. The molecule has 1 aliphatic carbocycles. The quantitative estimate of drug-likeness (QED) is 0.875. The van der Waals surface area contributed by atoms with Crippen LogP contribution in [0.15, 0.2) is 18.2 Å². The number of rotatable bonds is 6. The summed E-state index contributed by atoms with van der Waals surface area (Å²) in [4.78, 5) is 14.5. The van der Waals surface area contributed by atoms with E-state index in [1.165, 1.54) is 0 Å². The first-order valence-electron chi connectivity index (χ1n) is 7.87. The van der Waals surface area contributed by atoms with Crippen LogP contribution < -0.4 is 10.1 Å². The van der Waals surface area contributed by atoms with E-state index in [1.807, 2.05) is 19.1 Å². The molecule has 0 aromatic heterocycles. The Labute approximate surface area is 137 Å². The predicted molar refractivity (Wildman–Crippen MR) is 89.6 cm³/mol. The van der Waals surface area contributed by atoms with Crippen LogP contribution >= 0.6 is 11.6 Å². The van der Waals surface area contributed by atoms with Crippen molar-refractivity contribution in [3.63, 3.8) is 0 Å². The molecule has 22 heavy (non-hydrogen) atoms. The van der Waals surface area contributed by atoms with Crippen LogP contribution in [0.25, 0.3) is 0 Å². The summed E-state index contributed by atoms with van der Waals surface area (Å²) in [5.74, 6) is 0.659. The van der Waals surface area contributed by atoms with Gasteiger partial charge < -0.3 is 15.0 Å². The number of ether oxygens (including phenoxy) is 1. The van der Waals surface area contributed by atoms with E-state index in [1.54, 1.807) is 6.07 Å². The third-order valence-electron chi connectivity index (χ3n) is 4.19. The van der Waals surface area contributed by atoms with Crippen molar-refractivity contribution in [3.8, 4) is 5.75 Å². The molecule has 122 valence electrons. The van der Waals surface area contributed by atoms with E-state index in [4.69, 9.17) is 16.3 Å². The van der Waals surface area contributed by atoms with Gasteiger partial charge in [-0.2, -0.15) is 0 Å². The van der Waals surface area contributed by atoms with Crippen LogP contribution in [0, 0.1) is 0 Å². The molecule has 0 spiro atoms. The highest BCUT2D eigenvalue weighted by molar-refractivity contribution is 6.32. The van der Waals surface area contributed by atoms with Crippen LogP contribution in [0.3, 0.4) is 0 Å². The minimum absolute atomic E-state index is 0.0348. The Morgan fingerprint density at radius 1 is 1.41 bits per heavy atom. The molecule has 0 unspecified atom stereocenters. The van der Waals surface area contributed by atoms with Crippen molar-refractivity contribution in [3.05, 3.63) is 28.8 Å². The molecule has 0 radical (unpaired) electrons. The van der Waals surface area contributed by atoms with Crippen molar-refractivity contribution >= 4 is 17.5 Å². The number of amides is 1. The molecule has 1 aromatic carbocycles. The molecule has 1 aliphatic rings. The number of nitrogens with zero attached hydrogens (tertiary/aromatic N) is 1. The standard InChI is InChI=1S/C17H25ClN2O2/c1-4-22-17-12(6-5-7-15(17)18)10-16(21)19-13-8-9-14(11-13)20(2)3/h5-7,13-14H,4,8-11H2,1-3H3,(H,19,21)/t13-,14+/m1/s1. The number of para-hydroxylation sites is 1. The lowest BCUT2D eigenvalue weighted by Gasteiger charge is -2.19. The van der Waals surface area contributed by atoms with Gasteiger partial charge in [-0.25, -0.2) is 0 Å². The molecule has 0 aliphatic heterocycles. The molecule has 1 aromatic rings. The fourth-order valence-electron chi connectivity index (χ4n) is 3.01. The highest BCUT2D eigenvalue weighted by Crippen LogP contribution is 2.29. The lowest BCUT2D eigenvalue weighted by Crippen LogP contribution is -2.35. The second-order valence-electron chi connectivity index (χ2n) is 6.03. The van der Waals surface area contributed by atoms with Gasteiger partial charge >= 0.3 is 0 Å². The molecule has 0 saturated heterocycles. The maximum absolute atomic E-state index is 12.3. The lowest BCUT2D eigenvalue weighted by atomic mass is 10.1. The number of carbonyl (C=O) groups is 1. The normalized spacial score (nSPS) is 21.1. The molecule has 2 atom stereocenters. The third kappa shape index (κ3) is 4.37. The molecular weight excluding hydrogens is 300 g/mol. The Morgan fingerprint density at radius 2 is 2.18 bits per heavy atom. The number of hydrogen-bond acceptors (Lipinski definition) is 3. The molecule has 1 amide bonds. The Hall–Kier alpha value is -1.26. The zero-order valence-electron chi connectivity index (χ0n) is 13.6. The van der Waals surface area contributed by atoms with Crippen molar-refractivity contribution in [2.24, 2.45) is 0 Å². The molecule has 2 rings (SSSR count). The first kappa shape index (κ1) is 17.1. The zero-order valence-corrected chi connectivity index (χ0v) is 14.3. The maximum Gasteiger partial charge on any atom is 0.224 e. The monoisotopic (exact) mass is 324 g/mol. The van der Waals surface area contributed by atoms with E-state index in [9.17, 15) is 4.79 Å². The Kier molecular flexibility index (Phi) is 6.09. The van der Waals surface area contributed by atoms with Crippen LogP contribution in [0.1, 0.15) is 31.7 Å². The van der Waals surface area contributed by atoms with Crippen molar-refractivity contribution in [2.45, 2.75) is 44.7 Å². The highest BCUT2D eigenvalue weighted by Gasteiger charge is 2.27. The van der Waals surface area contributed by atoms with Crippen molar-refractivity contribution in [2.75, 3.05) is 20.7 Å². The summed E-state index contributed by atoms with van der Waals surface area (Å²) in [5, 5.41) is 3.69. The molecule has 0 bridgehead atoms. The van der Waals surface area contributed by atoms with Gasteiger partial charge in [0, 0.05) is 17.6 Å². The van der Waals surface area contributed by atoms with Gasteiger partial charge in [0.1, 0.15) is 5.75 Å². The van der Waals surface area contributed by atoms with E-state index in [2.05, 4.69) is 24.3 Å². The molecule has 5 heteroatoms. The summed E-state index contributed by atoms with van der Waals surface area (Å²) >= 11 is 6.15. The van der Waals surface area contributed by atoms with Gasteiger partial charge in [0.2, 0.25) is 5.91 Å². The van der Waals surface area contributed by atoms with Gasteiger partial charge in [-0.15, -0.1) is 0 Å². The summed E-state index contributed by atoms with van der Waals surface area (Å²) in [6.07, 6.45) is 3.51. The number of hydrogen-bond donors (Lipinski definition) is 1. The smallest absolute Gasteiger partial charge is 0.224 e. The Balaban J connectivity index is 1.94. The van der Waals surface area contributed by atoms with E-state index in [-0.39, 0.29) is 11.9 Å². The minimum atomic E-state index is 0.0348. The van der Waals surface area contributed by atoms with Crippen LogP contribution in [0.2, 0.25) is 5.02 Å². The molecule has 1 fully saturated rings. The summed E-state index contributed by atoms with van der Waals surface area (Å²) in [5.41, 5.74) is 0.842. The topological polar surface area (TPSA) is 41.6 Å². The average molecular weight is 325 g/mol. The largest absolute Gasteiger partial charge is 0.492 e. The van der Waals surface area contributed by atoms with Gasteiger partial charge in [-0.3, -0.25) is 4.79 Å². The van der Waals surface area contributed by atoms with Gasteiger partial charge in [0.15, 0.2) is 0 Å². The van der Waals surface area contributed by atoms with Gasteiger partial charge in [0.25, 0.3) is 0 Å². The van der Waals surface area contributed by atoms with Crippen molar-refractivity contribution < 1.29 is 9.53 Å². The summed E-state index contributed by atoms with van der Waals surface area (Å²) < 4.78 is 5.57. The SMILES string of the molecule is CCOc1c(Cl)cccc1CC(=O)N[C@@H]1CC[C@H](N(C)C)C1. The average Bonchev–Trinajstić information content (AvgIpc) is 2.91. The van der Waals surface area contributed by atoms with Gasteiger partial charge in [-0.05, 0) is 46.3 Å². The number of benzene rings is 1. The van der Waals surface area contributed by atoms with Crippen LogP contribution in [0.4, 0.5) is 0 Å². The second kappa shape index (κ2) is 7.84. The van der Waals surface area contributed by atoms with Crippen LogP contribution in [-0.2, 0) is 11.2 Å². The fraction of sp³-hybridized carbons (Fsp3) is 0.588. The molecule has 0 heterocycles. The van der Waals surface area contributed by atoms with E-state index in [0.29, 0.717) is 29.8 Å². The predicted octanol–water partition coefficient (Wildman–Crippen LogP) is 2.88. The Morgan fingerprint density at radius 3 is 2.82 bits per heavy atom. The first-order valence-corrected chi connectivity index (χ1v) is 8.25. The van der Waals surface area contributed by atoms with Crippen molar-refractivity contribution in [1.29, 1.82) is 0 Å². The van der Waals surface area contributed by atoms with E-state index < -0.39 is 0 Å². The third-order valence-corrected chi connectivity index (χ3v) is 4.49. The molecule has 1 N–H and O–H groups in total. The molecule has 4 nitrogen and oxygen atoms in total. The number of nitrogens with one attached hydrogen (secondary N) is 1. The lowest BCUT2D eigenvalue weighted by molar-refractivity contribution is -0.121. The minimum Gasteiger partial charge on any atom is -0.492 e. The number of halogens is 1. The summed E-state index contributed by atoms with van der Waals surface area (Å²) in [6.45, 7) is 2.44. The summed E-state index contributed by atoms with van der Waals surface area (Å²) in [7, 11) is 4.18. The van der Waals surface area contributed by atoms with Gasteiger partial charge in [0.05, 0.1) is 18.1 Å².